The number of benzene rings is 2. The Bertz CT molecular complexity index is 997. The largest absolute Gasteiger partial charge is 0.434 e. The van der Waals surface area contributed by atoms with E-state index in [0.29, 0.717) is 9.39 Å². The summed E-state index contributed by atoms with van der Waals surface area (Å²) in [6.45, 7) is 3.79. The number of hydrogen-bond donors (Lipinski definition) is 1. The number of rotatable bonds is 6. The lowest BCUT2D eigenvalue weighted by Crippen LogP contribution is -2.29. The number of aryl methyl sites for hydroxylation is 2. The molecule has 164 valence electrons. The Balaban J connectivity index is 1.94. The van der Waals surface area contributed by atoms with Gasteiger partial charge in [-0.3, -0.25) is 0 Å². The summed E-state index contributed by atoms with van der Waals surface area (Å²) in [6, 6.07) is 8.93. The molecule has 0 amide bonds. The van der Waals surface area contributed by atoms with Gasteiger partial charge in [0.05, 0.1) is 10.6 Å². The average molecular weight is 460 g/mol. The zero-order valence-corrected chi connectivity index (χ0v) is 18.3. The molecule has 0 unspecified atom stereocenters. The Morgan fingerprint density at radius 1 is 1.10 bits per heavy atom. The first-order valence-electron chi connectivity index (χ1n) is 9.53. The van der Waals surface area contributed by atoms with Gasteiger partial charge in [-0.05, 0) is 56.1 Å². The van der Waals surface area contributed by atoms with E-state index < -0.39 is 16.6 Å². The second kappa shape index (κ2) is 9.36. The zero-order chi connectivity index (χ0) is 21.9. The van der Waals surface area contributed by atoms with E-state index in [1.165, 1.54) is 24.3 Å². The van der Waals surface area contributed by atoms with Crippen molar-refractivity contribution >= 4 is 33.2 Å². The van der Waals surface area contributed by atoms with Gasteiger partial charge in [0.15, 0.2) is 0 Å². The molecule has 6 nitrogen and oxygen atoms in total. The number of halogens is 3. The van der Waals surface area contributed by atoms with Gasteiger partial charge in [0, 0.05) is 43.2 Å². The number of anilines is 2. The second-order valence-corrected chi connectivity index (χ2v) is 9.41. The van der Waals surface area contributed by atoms with Gasteiger partial charge in [-0.15, -0.1) is 0 Å². The molecule has 1 aliphatic rings. The molecule has 10 heteroatoms. The van der Waals surface area contributed by atoms with Crippen molar-refractivity contribution in [3.05, 3.63) is 47.5 Å². The van der Waals surface area contributed by atoms with Crippen molar-refractivity contribution in [1.29, 1.82) is 0 Å². The van der Waals surface area contributed by atoms with Crippen LogP contribution in [0.4, 0.5) is 20.2 Å². The topological polar surface area (TPSA) is 61.9 Å². The fraction of sp³-hybridized carbons (Fsp3) is 0.400. The molecule has 1 aliphatic heterocycles. The fourth-order valence-corrected chi connectivity index (χ4v) is 4.75. The lowest BCUT2D eigenvalue weighted by molar-refractivity contribution is -0.0502. The van der Waals surface area contributed by atoms with Crippen LogP contribution in [0.3, 0.4) is 0 Å². The van der Waals surface area contributed by atoms with Crippen LogP contribution < -0.4 is 18.8 Å². The molecule has 2 aromatic rings. The standard InChI is InChI=1S/C20H24ClF2N3O3S/c1-14-5-7-17(13-18(14)25-10-3-8-24-9-11-25)30(27,28)26(21)16-6-4-15(2)19(12-16)29-20(22)23/h4-7,12-13,20,24H,3,8-11H2,1-2H3. The second-order valence-electron chi connectivity index (χ2n) is 7.09. The van der Waals surface area contributed by atoms with E-state index in [1.807, 2.05) is 6.92 Å². The minimum absolute atomic E-state index is 0.0130. The fourth-order valence-electron chi connectivity index (χ4n) is 3.33. The summed E-state index contributed by atoms with van der Waals surface area (Å²) in [5.41, 5.74) is 2.24. The third-order valence-electron chi connectivity index (χ3n) is 4.96. The summed E-state index contributed by atoms with van der Waals surface area (Å²) in [4.78, 5) is 2.17. The van der Waals surface area contributed by atoms with Crippen molar-refractivity contribution in [3.8, 4) is 5.75 Å². The minimum Gasteiger partial charge on any atom is -0.434 e. The predicted octanol–water partition coefficient (Wildman–Crippen LogP) is 4.05. The Morgan fingerprint density at radius 2 is 1.83 bits per heavy atom. The molecule has 1 saturated heterocycles. The predicted molar refractivity (Wildman–Crippen MR) is 114 cm³/mol. The minimum atomic E-state index is -4.12. The van der Waals surface area contributed by atoms with Crippen molar-refractivity contribution in [2.75, 3.05) is 34.9 Å². The highest BCUT2D eigenvalue weighted by atomic mass is 35.5. The van der Waals surface area contributed by atoms with Gasteiger partial charge >= 0.3 is 6.61 Å². The SMILES string of the molecule is Cc1ccc(N(Cl)S(=O)(=O)c2ccc(C)c(N3CCCNCC3)c2)cc1OC(F)F. The molecule has 30 heavy (non-hydrogen) atoms. The first-order valence-corrected chi connectivity index (χ1v) is 11.3. The monoisotopic (exact) mass is 459 g/mol. The Labute approximate surface area is 180 Å². The molecule has 0 aromatic heterocycles. The Kier molecular flexibility index (Phi) is 7.05. The lowest BCUT2D eigenvalue weighted by Gasteiger charge is -2.25. The van der Waals surface area contributed by atoms with Crippen LogP contribution in [-0.4, -0.2) is 41.2 Å². The van der Waals surface area contributed by atoms with Crippen molar-refractivity contribution in [3.63, 3.8) is 0 Å². The van der Waals surface area contributed by atoms with E-state index in [9.17, 15) is 17.2 Å². The normalized spacial score (nSPS) is 15.2. The molecule has 1 N–H and O–H groups in total. The molecule has 1 fully saturated rings. The van der Waals surface area contributed by atoms with Crippen LogP contribution in [0.15, 0.2) is 41.3 Å². The summed E-state index contributed by atoms with van der Waals surface area (Å²) < 4.78 is 56.5. The van der Waals surface area contributed by atoms with E-state index in [2.05, 4.69) is 15.0 Å². The van der Waals surface area contributed by atoms with E-state index in [-0.39, 0.29) is 16.3 Å². The average Bonchev–Trinajstić information content (AvgIpc) is 2.98. The van der Waals surface area contributed by atoms with E-state index >= 15 is 0 Å². The van der Waals surface area contributed by atoms with Gasteiger partial charge in [0.1, 0.15) is 5.75 Å². The van der Waals surface area contributed by atoms with Gasteiger partial charge < -0.3 is 15.0 Å². The van der Waals surface area contributed by atoms with Crippen molar-refractivity contribution in [2.45, 2.75) is 31.8 Å². The van der Waals surface area contributed by atoms with Crippen LogP contribution in [0.2, 0.25) is 0 Å². The van der Waals surface area contributed by atoms with Crippen LogP contribution in [-0.2, 0) is 10.0 Å². The number of ether oxygens (including phenoxy) is 1. The summed E-state index contributed by atoms with van der Waals surface area (Å²) in [5.74, 6) is -0.134. The molecule has 0 spiro atoms. The van der Waals surface area contributed by atoms with E-state index in [1.54, 1.807) is 19.1 Å². The summed E-state index contributed by atoms with van der Waals surface area (Å²) in [5, 5.41) is 3.32. The number of nitrogens with one attached hydrogen (secondary N) is 1. The molecular weight excluding hydrogens is 436 g/mol. The van der Waals surface area contributed by atoms with Gasteiger partial charge in [0.25, 0.3) is 10.0 Å². The van der Waals surface area contributed by atoms with Crippen molar-refractivity contribution in [1.82, 2.24) is 5.32 Å². The van der Waals surface area contributed by atoms with Crippen LogP contribution in [0.25, 0.3) is 0 Å². The maximum atomic E-state index is 13.1. The van der Waals surface area contributed by atoms with Crippen LogP contribution >= 0.6 is 11.8 Å². The number of hydrogen-bond acceptors (Lipinski definition) is 5. The molecule has 2 aromatic carbocycles. The van der Waals surface area contributed by atoms with Gasteiger partial charge in [-0.2, -0.15) is 21.0 Å². The highest BCUT2D eigenvalue weighted by Gasteiger charge is 2.26. The third kappa shape index (κ3) is 4.96. The van der Waals surface area contributed by atoms with E-state index in [4.69, 9.17) is 11.8 Å². The first-order chi connectivity index (χ1) is 14.2. The number of sulfonamides is 1. The smallest absolute Gasteiger partial charge is 0.387 e. The van der Waals surface area contributed by atoms with Gasteiger partial charge in [-0.1, -0.05) is 12.1 Å². The number of alkyl halides is 2. The van der Waals surface area contributed by atoms with Crippen LogP contribution in [0.5, 0.6) is 5.75 Å². The highest BCUT2D eigenvalue weighted by Crippen LogP contribution is 2.33. The number of nitrogens with zero attached hydrogens (tertiary/aromatic N) is 2. The molecule has 0 saturated carbocycles. The summed E-state index contributed by atoms with van der Waals surface area (Å²) in [6.07, 6.45) is 0.953. The van der Waals surface area contributed by atoms with Crippen molar-refractivity contribution in [2.24, 2.45) is 0 Å². The Morgan fingerprint density at radius 3 is 2.57 bits per heavy atom. The quantitative estimate of drug-likeness (QED) is 0.660. The molecule has 1 heterocycles. The maximum absolute atomic E-state index is 13.1. The summed E-state index contributed by atoms with van der Waals surface area (Å²) in [7, 11) is -4.12. The molecular formula is C20H24ClF2N3O3S. The van der Waals surface area contributed by atoms with E-state index in [0.717, 1.165) is 43.9 Å². The zero-order valence-electron chi connectivity index (χ0n) is 16.7. The van der Waals surface area contributed by atoms with Crippen molar-refractivity contribution < 1.29 is 21.9 Å². The first kappa shape index (κ1) is 22.6. The molecule has 0 radical (unpaired) electrons. The molecule has 0 atom stereocenters. The van der Waals surface area contributed by atoms with Gasteiger partial charge in [-0.25, -0.2) is 0 Å². The summed E-state index contributed by atoms with van der Waals surface area (Å²) >= 11 is 6.18. The van der Waals surface area contributed by atoms with Crippen LogP contribution in [0, 0.1) is 13.8 Å². The third-order valence-corrected chi connectivity index (χ3v) is 7.18. The van der Waals surface area contributed by atoms with Crippen LogP contribution in [0.1, 0.15) is 17.5 Å². The van der Waals surface area contributed by atoms with Gasteiger partial charge in [0.2, 0.25) is 0 Å². The lowest BCUT2D eigenvalue weighted by atomic mass is 10.1. The molecule has 3 rings (SSSR count). The maximum Gasteiger partial charge on any atom is 0.387 e. The highest BCUT2D eigenvalue weighted by molar-refractivity contribution is 7.94. The Hall–Kier alpha value is -2.10. The molecule has 0 bridgehead atoms. The molecule has 0 aliphatic carbocycles.